The SMILES string of the molecule is CC(=O)O.COc1cc(O)c(Cl)cc1Br.COc1ccc(Cl)c(O)c1.[B]=NS. The summed E-state index contributed by atoms with van der Waals surface area (Å²) in [6.07, 6.45) is 0. The van der Waals surface area contributed by atoms with Crippen molar-refractivity contribution < 1.29 is 29.6 Å². The Morgan fingerprint density at radius 1 is 1.11 bits per heavy atom. The molecule has 0 aliphatic rings. The number of methoxy groups -OCH3 is 2. The van der Waals surface area contributed by atoms with Crippen LogP contribution in [0, 0.1) is 0 Å². The number of thiol groups is 1. The van der Waals surface area contributed by atoms with Gasteiger partial charge in [0.25, 0.3) is 5.97 Å². The molecule has 0 heterocycles. The molecule has 0 saturated heterocycles. The van der Waals surface area contributed by atoms with Gasteiger partial charge in [-0.1, -0.05) is 23.2 Å². The fraction of sp³-hybridized carbons (Fsp3) is 0.188. The number of phenolic OH excluding ortho intramolecular Hbond substituents is 2. The second-order valence-electron chi connectivity index (χ2n) is 4.39. The summed E-state index contributed by atoms with van der Waals surface area (Å²) in [5.74, 6) is 0.390. The van der Waals surface area contributed by atoms with Crippen LogP contribution in [0.4, 0.5) is 0 Å². The Morgan fingerprint density at radius 3 is 1.96 bits per heavy atom. The summed E-state index contributed by atoms with van der Waals surface area (Å²) in [5, 5.41) is 26.2. The van der Waals surface area contributed by atoms with Crippen LogP contribution in [0.2, 0.25) is 10.0 Å². The number of halogens is 3. The topological polar surface area (TPSA) is 109 Å². The van der Waals surface area contributed by atoms with Crippen molar-refractivity contribution in [2.45, 2.75) is 6.92 Å². The van der Waals surface area contributed by atoms with Gasteiger partial charge in [0.1, 0.15) is 23.0 Å². The Balaban J connectivity index is 0. The van der Waals surface area contributed by atoms with Crippen molar-refractivity contribution >= 4 is 65.6 Å². The molecule has 0 amide bonds. The number of carboxylic acids is 1. The Hall–Kier alpha value is -1.62. The first kappa shape index (κ1) is 28.6. The van der Waals surface area contributed by atoms with E-state index >= 15 is 0 Å². The number of rotatable bonds is 2. The maximum atomic E-state index is 9.12. The summed E-state index contributed by atoms with van der Waals surface area (Å²) >= 11 is 17.6. The van der Waals surface area contributed by atoms with Gasteiger partial charge in [-0.05, 0) is 34.1 Å². The van der Waals surface area contributed by atoms with Gasteiger partial charge in [-0.25, -0.2) is 0 Å². The third-order valence-electron chi connectivity index (χ3n) is 2.37. The second-order valence-corrected chi connectivity index (χ2v) is 6.29. The zero-order chi connectivity index (χ0) is 22.3. The van der Waals surface area contributed by atoms with E-state index < -0.39 is 5.97 Å². The number of carboxylic acid groups (broad SMARTS) is 1. The predicted molar refractivity (Wildman–Crippen MR) is 118 cm³/mol. The van der Waals surface area contributed by atoms with Crippen molar-refractivity contribution in [1.82, 2.24) is 0 Å². The molecule has 0 spiro atoms. The molecule has 2 rings (SSSR count). The van der Waals surface area contributed by atoms with Crippen molar-refractivity contribution in [3.8, 4) is 23.0 Å². The Labute approximate surface area is 188 Å². The molecule has 28 heavy (non-hydrogen) atoms. The van der Waals surface area contributed by atoms with Crippen LogP contribution >= 0.6 is 51.9 Å². The van der Waals surface area contributed by atoms with Crippen molar-refractivity contribution in [2.24, 2.45) is 4.30 Å². The minimum absolute atomic E-state index is 0.0201. The molecular weight excluding hydrogens is 496 g/mol. The van der Waals surface area contributed by atoms with Gasteiger partial charge in [0.2, 0.25) is 0 Å². The van der Waals surface area contributed by atoms with Crippen molar-refractivity contribution in [1.29, 1.82) is 0 Å². The van der Waals surface area contributed by atoms with Crippen LogP contribution in [0.15, 0.2) is 39.1 Å². The summed E-state index contributed by atoms with van der Waals surface area (Å²) < 4.78 is 13.2. The van der Waals surface area contributed by atoms with Crippen LogP contribution in [-0.4, -0.2) is 43.1 Å². The van der Waals surface area contributed by atoms with Gasteiger partial charge in [0.05, 0.1) is 28.7 Å². The first-order valence-electron chi connectivity index (χ1n) is 7.02. The third-order valence-corrected chi connectivity index (χ3v) is 3.62. The quantitative estimate of drug-likeness (QED) is 0.327. The van der Waals surface area contributed by atoms with Gasteiger partial charge < -0.3 is 24.8 Å². The first-order valence-corrected chi connectivity index (χ1v) is 8.97. The first-order chi connectivity index (χ1) is 13.0. The molecule has 153 valence electrons. The van der Waals surface area contributed by atoms with Crippen LogP contribution in [0.5, 0.6) is 23.0 Å². The Morgan fingerprint density at radius 2 is 1.57 bits per heavy atom. The molecule has 0 fully saturated rings. The van der Waals surface area contributed by atoms with Gasteiger partial charge >= 0.3 is 24.8 Å². The van der Waals surface area contributed by atoms with Gasteiger partial charge in [-0.3, -0.25) is 4.79 Å². The van der Waals surface area contributed by atoms with E-state index in [0.717, 1.165) is 11.4 Å². The maximum absolute atomic E-state index is 9.12. The normalized spacial score (nSPS) is 8.50. The number of benzene rings is 2. The molecule has 2 aromatic carbocycles. The van der Waals surface area contributed by atoms with E-state index in [0.29, 0.717) is 21.5 Å². The zero-order valence-corrected chi connectivity index (χ0v) is 19.1. The number of nitrogens with zero attached hydrogens (tertiary/aromatic N) is 1. The summed E-state index contributed by atoms with van der Waals surface area (Å²) in [6, 6.07) is 7.75. The predicted octanol–water partition coefficient (Wildman–Crippen LogP) is 5.15. The van der Waals surface area contributed by atoms with Gasteiger partial charge in [0, 0.05) is 19.1 Å². The second kappa shape index (κ2) is 16.3. The zero-order valence-electron chi connectivity index (χ0n) is 15.1. The van der Waals surface area contributed by atoms with E-state index in [1.165, 1.54) is 26.4 Å². The number of hydrogen-bond acceptors (Lipinski definition) is 7. The summed E-state index contributed by atoms with van der Waals surface area (Å²) in [4.78, 5) is 9.00. The molecule has 0 bridgehead atoms. The van der Waals surface area contributed by atoms with Crippen molar-refractivity contribution in [2.75, 3.05) is 14.2 Å². The van der Waals surface area contributed by atoms with E-state index in [-0.39, 0.29) is 11.5 Å². The summed E-state index contributed by atoms with van der Waals surface area (Å²) in [6.45, 7) is 1.08. The molecule has 0 atom stereocenters. The van der Waals surface area contributed by atoms with Gasteiger partial charge in [-0.15, -0.1) is 0 Å². The van der Waals surface area contributed by atoms with Gasteiger partial charge in [-0.2, -0.15) is 0 Å². The standard InChI is InChI=1S/C7H6BrClO2.C7H7ClO2.C2H4O2.BHNS/c1-11-7-3-6(10)5(9)2-4(7)8;1-10-5-2-3-6(8)7(9)4-5;1-2(3)4;1-2-3/h2-3,10H,1H3;2-4,9H,1H3;1H3,(H,3,4);3H. The molecule has 7 nitrogen and oxygen atoms in total. The fourth-order valence-electron chi connectivity index (χ4n) is 1.29. The van der Waals surface area contributed by atoms with Crippen LogP contribution in [0.3, 0.4) is 0 Å². The molecule has 0 aliphatic heterocycles. The number of hydrogen-bond donors (Lipinski definition) is 4. The summed E-state index contributed by atoms with van der Waals surface area (Å²) in [5.41, 5.74) is 0. The molecule has 0 aromatic heterocycles. The average Bonchev–Trinajstić information content (AvgIpc) is 2.61. The third kappa shape index (κ3) is 13.5. The number of aromatic hydroxyl groups is 2. The minimum atomic E-state index is -0.833. The van der Waals surface area contributed by atoms with E-state index in [1.54, 1.807) is 18.2 Å². The average molecular weight is 514 g/mol. The molecule has 0 aliphatic carbocycles. The molecule has 0 saturated carbocycles. The number of carbonyl (C=O) groups is 1. The van der Waals surface area contributed by atoms with E-state index in [9.17, 15) is 0 Å². The Bertz CT molecular complexity index is 766. The van der Waals surface area contributed by atoms with Crippen LogP contribution in [0.25, 0.3) is 0 Å². The number of aliphatic carboxylic acids is 1. The molecule has 12 heteroatoms. The Kier molecular flexibility index (Phi) is 16.7. The van der Waals surface area contributed by atoms with Crippen LogP contribution in [0.1, 0.15) is 6.92 Å². The van der Waals surface area contributed by atoms with Crippen molar-refractivity contribution in [3.63, 3.8) is 0 Å². The molecule has 2 aromatic rings. The molecule has 0 unspecified atom stereocenters. The van der Waals surface area contributed by atoms with E-state index in [2.05, 4.69) is 40.7 Å². The molecular formula is C16H18BBrCl2NO6S. The number of phenols is 2. The summed E-state index contributed by atoms with van der Waals surface area (Å²) in [7, 11) is 7.39. The van der Waals surface area contributed by atoms with E-state index in [1.807, 2.05) is 0 Å². The molecule has 3 N–H and O–H groups in total. The number of ether oxygens (including phenoxy) is 2. The van der Waals surface area contributed by atoms with E-state index in [4.69, 9.17) is 52.8 Å². The monoisotopic (exact) mass is 512 g/mol. The van der Waals surface area contributed by atoms with Gasteiger partial charge in [0.15, 0.2) is 0 Å². The van der Waals surface area contributed by atoms with Crippen LogP contribution < -0.4 is 9.47 Å². The fourth-order valence-corrected chi connectivity index (χ4v) is 2.21. The van der Waals surface area contributed by atoms with Crippen LogP contribution in [-0.2, 0) is 4.79 Å². The molecule has 1 radical (unpaired) electrons. The van der Waals surface area contributed by atoms with Crippen molar-refractivity contribution in [3.05, 3.63) is 44.8 Å².